The zero-order chi connectivity index (χ0) is 18.7. The molecule has 0 fully saturated rings. The van der Waals surface area contributed by atoms with E-state index in [-0.39, 0.29) is 17.1 Å². The van der Waals surface area contributed by atoms with Crippen molar-refractivity contribution in [3.8, 4) is 11.3 Å². The molecule has 0 radical (unpaired) electrons. The maximum absolute atomic E-state index is 12.3. The zero-order valence-electron chi connectivity index (χ0n) is 13.0. The third-order valence-electron chi connectivity index (χ3n) is 3.52. The quantitative estimate of drug-likeness (QED) is 0.508. The number of carbonyl (C=O) groups is 1. The van der Waals surface area contributed by atoms with Gasteiger partial charge in [-0.15, -0.1) is 0 Å². The number of nitro benzene ring substituents is 1. The van der Waals surface area contributed by atoms with Crippen LogP contribution in [-0.2, 0) is 4.79 Å². The number of nitrogens with one attached hydrogen (secondary N) is 1. The van der Waals surface area contributed by atoms with Gasteiger partial charge in [-0.05, 0) is 29.8 Å². The van der Waals surface area contributed by atoms with Crippen LogP contribution in [0.4, 0.5) is 11.5 Å². The normalized spacial score (nSPS) is 11.8. The summed E-state index contributed by atoms with van der Waals surface area (Å²) in [4.78, 5) is 22.4. The van der Waals surface area contributed by atoms with E-state index in [1.807, 2.05) is 0 Å². The van der Waals surface area contributed by atoms with Crippen molar-refractivity contribution in [2.45, 2.75) is 6.10 Å². The number of benzene rings is 2. The van der Waals surface area contributed by atoms with Gasteiger partial charge in [0.1, 0.15) is 5.69 Å². The lowest BCUT2D eigenvalue weighted by atomic mass is 10.1. The zero-order valence-corrected chi connectivity index (χ0v) is 14.6. The van der Waals surface area contributed by atoms with E-state index in [1.54, 1.807) is 24.3 Å². The molecule has 3 aromatic rings. The van der Waals surface area contributed by atoms with Crippen LogP contribution in [0.25, 0.3) is 11.3 Å². The highest BCUT2D eigenvalue weighted by Crippen LogP contribution is 2.28. The van der Waals surface area contributed by atoms with E-state index in [9.17, 15) is 20.0 Å². The second-order valence-corrected chi connectivity index (χ2v) is 6.17. The molecule has 2 N–H and O–H groups in total. The summed E-state index contributed by atoms with van der Waals surface area (Å²) in [5.41, 5.74) is 1.26. The van der Waals surface area contributed by atoms with Crippen molar-refractivity contribution >= 4 is 40.7 Å². The van der Waals surface area contributed by atoms with Crippen LogP contribution in [0.5, 0.6) is 0 Å². The summed E-state index contributed by atoms with van der Waals surface area (Å²) in [5.74, 6) is -0.509. The highest BCUT2D eigenvalue weighted by atomic mass is 35.5. The van der Waals surface area contributed by atoms with Gasteiger partial charge in [0, 0.05) is 22.7 Å². The third-order valence-corrected chi connectivity index (χ3v) is 4.30. The van der Waals surface area contributed by atoms with E-state index in [4.69, 9.17) is 11.6 Å². The average molecular weight is 391 g/mol. The largest absolute Gasteiger partial charge is 0.378 e. The number of halogens is 1. The number of nitro groups is 1. The van der Waals surface area contributed by atoms with Crippen LogP contribution in [0.2, 0.25) is 5.02 Å². The minimum atomic E-state index is -1.50. The summed E-state index contributed by atoms with van der Waals surface area (Å²) >= 11 is 6.77. The van der Waals surface area contributed by atoms with Crippen LogP contribution in [0.1, 0.15) is 11.7 Å². The number of rotatable bonds is 5. The minimum Gasteiger partial charge on any atom is -0.378 e. The molecule has 0 aliphatic rings. The highest BCUT2D eigenvalue weighted by Gasteiger charge is 2.21. The standard InChI is InChI=1S/C16H11ClN4O4S/c17-11-5-1-9(2-6-11)13-15(20-26-19-13)18-16(23)14(22)10-3-7-12(8-4-10)21(24)25/h1-8,14,22H,(H,18,20,23). The highest BCUT2D eigenvalue weighted by molar-refractivity contribution is 6.99. The Hall–Kier alpha value is -2.88. The molecule has 1 unspecified atom stereocenters. The van der Waals surface area contributed by atoms with Crippen LogP contribution in [0.15, 0.2) is 48.5 Å². The molecule has 0 bridgehead atoms. The SMILES string of the molecule is O=C(Nc1nsnc1-c1ccc(Cl)cc1)C(O)c1ccc([N+](=O)[O-])cc1. The van der Waals surface area contributed by atoms with Gasteiger partial charge < -0.3 is 10.4 Å². The Morgan fingerprint density at radius 2 is 1.81 bits per heavy atom. The number of hydrogen-bond donors (Lipinski definition) is 2. The van der Waals surface area contributed by atoms with Crippen LogP contribution < -0.4 is 5.32 Å². The number of amides is 1. The van der Waals surface area contributed by atoms with E-state index < -0.39 is 16.9 Å². The number of aromatic nitrogens is 2. The fourth-order valence-electron chi connectivity index (χ4n) is 2.18. The summed E-state index contributed by atoms with van der Waals surface area (Å²) in [5, 5.41) is 23.9. The first-order chi connectivity index (χ1) is 12.5. The maximum Gasteiger partial charge on any atom is 0.269 e. The van der Waals surface area contributed by atoms with E-state index in [0.717, 1.165) is 11.7 Å². The van der Waals surface area contributed by atoms with Crippen LogP contribution in [0, 0.1) is 10.1 Å². The van der Waals surface area contributed by atoms with Gasteiger partial charge in [-0.25, -0.2) is 0 Å². The molecule has 0 aliphatic carbocycles. The Morgan fingerprint density at radius 3 is 2.42 bits per heavy atom. The smallest absolute Gasteiger partial charge is 0.269 e. The van der Waals surface area contributed by atoms with E-state index in [2.05, 4.69) is 14.1 Å². The predicted octanol–water partition coefficient (Wildman–Crippen LogP) is 3.44. The number of nitrogens with zero attached hydrogens (tertiary/aromatic N) is 3. The van der Waals surface area contributed by atoms with Crippen molar-refractivity contribution in [3.05, 3.63) is 69.2 Å². The Labute approximate surface area is 156 Å². The third kappa shape index (κ3) is 3.85. The molecule has 0 aliphatic heterocycles. The van der Waals surface area contributed by atoms with Crippen LogP contribution in [0.3, 0.4) is 0 Å². The molecule has 0 saturated heterocycles. The monoisotopic (exact) mass is 390 g/mol. The Balaban J connectivity index is 1.77. The maximum atomic E-state index is 12.3. The molecule has 0 spiro atoms. The van der Waals surface area contributed by atoms with E-state index in [1.165, 1.54) is 24.3 Å². The Bertz CT molecular complexity index is 944. The van der Waals surface area contributed by atoms with Crippen LogP contribution >= 0.6 is 23.3 Å². The fourth-order valence-corrected chi connectivity index (χ4v) is 2.84. The molecule has 1 heterocycles. The van der Waals surface area contributed by atoms with Crippen LogP contribution in [-0.4, -0.2) is 24.7 Å². The number of anilines is 1. The van der Waals surface area contributed by atoms with Crippen molar-refractivity contribution in [2.75, 3.05) is 5.32 Å². The predicted molar refractivity (Wildman–Crippen MR) is 97.0 cm³/mol. The molecule has 8 nitrogen and oxygen atoms in total. The minimum absolute atomic E-state index is 0.130. The summed E-state index contributed by atoms with van der Waals surface area (Å²) in [6.07, 6.45) is -1.50. The molecular weight excluding hydrogens is 380 g/mol. The molecule has 132 valence electrons. The van der Waals surface area contributed by atoms with Gasteiger partial charge in [0.15, 0.2) is 11.9 Å². The molecule has 1 amide bonds. The number of aliphatic hydroxyl groups is 1. The molecule has 1 aromatic heterocycles. The van der Waals surface area contributed by atoms with Gasteiger partial charge in [0.2, 0.25) is 0 Å². The van der Waals surface area contributed by atoms with E-state index >= 15 is 0 Å². The summed E-state index contributed by atoms with van der Waals surface area (Å²) < 4.78 is 8.18. The summed E-state index contributed by atoms with van der Waals surface area (Å²) in [6.45, 7) is 0. The topological polar surface area (TPSA) is 118 Å². The second kappa shape index (κ2) is 7.56. The molecular formula is C16H11ClN4O4S. The number of non-ortho nitro benzene ring substituents is 1. The lowest BCUT2D eigenvalue weighted by Gasteiger charge is -2.11. The molecule has 2 aromatic carbocycles. The number of hydrogen-bond acceptors (Lipinski definition) is 7. The van der Waals surface area contributed by atoms with Crippen molar-refractivity contribution in [1.29, 1.82) is 0 Å². The van der Waals surface area contributed by atoms with Gasteiger partial charge in [0.05, 0.1) is 16.7 Å². The molecule has 0 saturated carbocycles. The molecule has 10 heteroatoms. The summed E-state index contributed by atoms with van der Waals surface area (Å²) in [7, 11) is 0. The lowest BCUT2D eigenvalue weighted by molar-refractivity contribution is -0.384. The first kappa shape index (κ1) is 17.9. The average Bonchev–Trinajstić information content (AvgIpc) is 3.09. The molecule has 26 heavy (non-hydrogen) atoms. The first-order valence-corrected chi connectivity index (χ1v) is 8.38. The van der Waals surface area contributed by atoms with Gasteiger partial charge >= 0.3 is 0 Å². The molecule has 3 rings (SSSR count). The Kier molecular flexibility index (Phi) is 5.21. The molecule has 1 atom stereocenters. The fraction of sp³-hybridized carbons (Fsp3) is 0.0625. The first-order valence-electron chi connectivity index (χ1n) is 7.27. The van der Waals surface area contributed by atoms with Crippen molar-refractivity contribution in [1.82, 2.24) is 8.75 Å². The second-order valence-electron chi connectivity index (χ2n) is 5.21. The van der Waals surface area contributed by atoms with Crippen molar-refractivity contribution in [3.63, 3.8) is 0 Å². The number of carbonyl (C=O) groups excluding carboxylic acids is 1. The van der Waals surface area contributed by atoms with Crippen molar-refractivity contribution < 1.29 is 14.8 Å². The number of aliphatic hydroxyl groups excluding tert-OH is 1. The van der Waals surface area contributed by atoms with Gasteiger partial charge in [0.25, 0.3) is 11.6 Å². The van der Waals surface area contributed by atoms with Gasteiger partial charge in [-0.1, -0.05) is 23.7 Å². The summed E-state index contributed by atoms with van der Waals surface area (Å²) in [6, 6.07) is 11.9. The lowest BCUT2D eigenvalue weighted by Crippen LogP contribution is -2.21. The van der Waals surface area contributed by atoms with E-state index in [0.29, 0.717) is 16.3 Å². The Morgan fingerprint density at radius 1 is 1.15 bits per heavy atom. The van der Waals surface area contributed by atoms with Gasteiger partial charge in [-0.2, -0.15) is 8.75 Å². The van der Waals surface area contributed by atoms with Gasteiger partial charge in [-0.3, -0.25) is 14.9 Å². The van der Waals surface area contributed by atoms with Crippen molar-refractivity contribution in [2.24, 2.45) is 0 Å².